The van der Waals surface area contributed by atoms with Gasteiger partial charge in [-0.25, -0.2) is 13.8 Å². The molecular weight excluding hydrogens is 402 g/mol. The molecule has 0 atom stereocenters. The predicted molar refractivity (Wildman–Crippen MR) is 77.8 cm³/mol. The summed E-state index contributed by atoms with van der Waals surface area (Å²) in [6.07, 6.45) is 2.13. The van der Waals surface area contributed by atoms with Gasteiger partial charge in [-0.2, -0.15) is 0 Å². The zero-order valence-electron chi connectivity index (χ0n) is 10.3. The Morgan fingerprint density at radius 3 is 2.40 bits per heavy atom. The minimum absolute atomic E-state index is 0.186. The van der Waals surface area contributed by atoms with Gasteiger partial charge in [-0.15, -0.1) is 0 Å². The second-order valence-corrected chi connectivity index (χ2v) is 5.07. The first-order valence-corrected chi connectivity index (χ1v) is 7.00. The number of aromatic nitrogens is 2. The Kier molecular flexibility index (Phi) is 6.80. The van der Waals surface area contributed by atoms with Gasteiger partial charge in [0.2, 0.25) is 11.4 Å². The first kappa shape index (κ1) is 16.8. The molecule has 0 fully saturated rings. The second kappa shape index (κ2) is 8.11. The second-order valence-electron chi connectivity index (χ2n) is 3.36. The molecule has 0 spiro atoms. The standard InChI is InChI=1S/C7H7BrFNO.C5H3BrFNO/c1-2-11-7-3-5(8)6(9)4-10-7;6-3-1-5(9)8-2-4(3)7/h3-4H,2H2,1H3;1-2H,(H,8,9). The summed E-state index contributed by atoms with van der Waals surface area (Å²) >= 11 is 5.87. The van der Waals surface area contributed by atoms with E-state index in [9.17, 15) is 13.6 Å². The first-order valence-electron chi connectivity index (χ1n) is 5.41. The van der Waals surface area contributed by atoms with Crippen LogP contribution in [0.4, 0.5) is 8.78 Å². The quantitative estimate of drug-likeness (QED) is 0.820. The van der Waals surface area contributed by atoms with E-state index in [2.05, 4.69) is 41.8 Å². The molecule has 0 aliphatic heterocycles. The molecule has 2 rings (SSSR count). The molecule has 20 heavy (non-hydrogen) atoms. The van der Waals surface area contributed by atoms with Gasteiger partial charge in [-0.1, -0.05) is 0 Å². The molecule has 0 saturated heterocycles. The Balaban J connectivity index is 0.000000204. The van der Waals surface area contributed by atoms with Crippen molar-refractivity contribution in [3.05, 3.63) is 55.5 Å². The number of aromatic amines is 1. The van der Waals surface area contributed by atoms with Crippen LogP contribution in [0.2, 0.25) is 0 Å². The van der Waals surface area contributed by atoms with Crippen LogP contribution in [0.5, 0.6) is 5.88 Å². The lowest BCUT2D eigenvalue weighted by atomic mass is 10.5. The average Bonchev–Trinajstić information content (AvgIpc) is 2.40. The van der Waals surface area contributed by atoms with Gasteiger partial charge in [-0.05, 0) is 38.8 Å². The molecule has 0 aromatic carbocycles. The Bertz CT molecular complexity index is 635. The lowest BCUT2D eigenvalue weighted by Gasteiger charge is -2.01. The summed E-state index contributed by atoms with van der Waals surface area (Å²) in [6.45, 7) is 2.38. The average molecular weight is 412 g/mol. The number of nitrogens with zero attached hydrogens (tertiary/aromatic N) is 1. The van der Waals surface area contributed by atoms with Gasteiger partial charge in [0.05, 0.1) is 21.7 Å². The van der Waals surface area contributed by atoms with Gasteiger partial charge in [-0.3, -0.25) is 4.79 Å². The largest absolute Gasteiger partial charge is 0.478 e. The topological polar surface area (TPSA) is 55.0 Å². The number of nitrogens with one attached hydrogen (secondary N) is 1. The van der Waals surface area contributed by atoms with E-state index in [0.717, 1.165) is 18.5 Å². The summed E-state index contributed by atoms with van der Waals surface area (Å²) < 4.78 is 30.4. The lowest BCUT2D eigenvalue weighted by Crippen LogP contribution is -2.02. The van der Waals surface area contributed by atoms with Crippen molar-refractivity contribution in [3.63, 3.8) is 0 Å². The van der Waals surface area contributed by atoms with Crippen molar-refractivity contribution in [2.45, 2.75) is 6.92 Å². The minimum Gasteiger partial charge on any atom is -0.478 e. The van der Waals surface area contributed by atoms with Crippen LogP contribution in [0.25, 0.3) is 0 Å². The highest BCUT2D eigenvalue weighted by molar-refractivity contribution is 9.10. The molecule has 4 nitrogen and oxygen atoms in total. The SMILES string of the molecule is CCOc1cc(Br)c(F)cn1.O=c1cc(Br)c(F)c[nH]1. The number of halogens is 4. The van der Waals surface area contributed by atoms with Crippen LogP contribution in [0.1, 0.15) is 6.92 Å². The first-order chi connectivity index (χ1) is 9.43. The Hall–Kier alpha value is -1.28. The summed E-state index contributed by atoms with van der Waals surface area (Å²) in [5.41, 5.74) is -0.316. The van der Waals surface area contributed by atoms with Crippen LogP contribution in [0.3, 0.4) is 0 Å². The van der Waals surface area contributed by atoms with Gasteiger partial charge in [0, 0.05) is 18.3 Å². The molecule has 2 aromatic rings. The van der Waals surface area contributed by atoms with Crippen molar-refractivity contribution in [2.75, 3.05) is 6.61 Å². The monoisotopic (exact) mass is 410 g/mol. The number of hydrogen-bond acceptors (Lipinski definition) is 3. The summed E-state index contributed by atoms with van der Waals surface area (Å²) in [5, 5.41) is 0. The molecule has 1 N–H and O–H groups in total. The maximum absolute atomic E-state index is 12.6. The molecule has 0 aliphatic carbocycles. The van der Waals surface area contributed by atoms with Crippen molar-refractivity contribution < 1.29 is 13.5 Å². The third-order valence-electron chi connectivity index (χ3n) is 1.90. The van der Waals surface area contributed by atoms with Crippen molar-refractivity contribution in [1.82, 2.24) is 9.97 Å². The van der Waals surface area contributed by atoms with E-state index in [-0.39, 0.29) is 15.8 Å². The van der Waals surface area contributed by atoms with Crippen molar-refractivity contribution in [3.8, 4) is 5.88 Å². The minimum atomic E-state index is -0.463. The molecule has 0 radical (unpaired) electrons. The zero-order valence-corrected chi connectivity index (χ0v) is 13.5. The van der Waals surface area contributed by atoms with E-state index >= 15 is 0 Å². The Morgan fingerprint density at radius 1 is 1.25 bits per heavy atom. The molecule has 2 aromatic heterocycles. The highest BCUT2D eigenvalue weighted by atomic mass is 79.9. The fourth-order valence-corrected chi connectivity index (χ4v) is 1.67. The molecule has 0 bridgehead atoms. The molecule has 2 heterocycles. The molecule has 8 heteroatoms. The fraction of sp³-hybridized carbons (Fsp3) is 0.167. The van der Waals surface area contributed by atoms with E-state index in [4.69, 9.17) is 4.74 Å². The summed E-state index contributed by atoms with van der Waals surface area (Å²) in [7, 11) is 0. The zero-order chi connectivity index (χ0) is 15.1. The maximum atomic E-state index is 12.6. The van der Waals surface area contributed by atoms with Crippen molar-refractivity contribution in [2.24, 2.45) is 0 Å². The third kappa shape index (κ3) is 5.38. The summed E-state index contributed by atoms with van der Waals surface area (Å²) in [4.78, 5) is 16.3. The molecule has 0 aliphatic rings. The van der Waals surface area contributed by atoms with Crippen LogP contribution in [-0.2, 0) is 0 Å². The van der Waals surface area contributed by atoms with E-state index in [1.54, 1.807) is 0 Å². The van der Waals surface area contributed by atoms with E-state index in [1.807, 2.05) is 6.92 Å². The van der Waals surface area contributed by atoms with Gasteiger partial charge < -0.3 is 9.72 Å². The maximum Gasteiger partial charge on any atom is 0.249 e. The Labute approximate surface area is 130 Å². The predicted octanol–water partition coefficient (Wildman–Crippen LogP) is 3.66. The van der Waals surface area contributed by atoms with Crippen molar-refractivity contribution in [1.29, 1.82) is 0 Å². The smallest absolute Gasteiger partial charge is 0.249 e. The third-order valence-corrected chi connectivity index (χ3v) is 3.12. The molecular formula is C12H10Br2F2N2O2. The molecule has 0 saturated carbocycles. The summed E-state index contributed by atoms with van der Waals surface area (Å²) in [6, 6.07) is 2.63. The van der Waals surface area contributed by atoms with Crippen LogP contribution in [0, 0.1) is 11.6 Å². The normalized spacial score (nSPS) is 9.65. The highest BCUT2D eigenvalue weighted by Gasteiger charge is 2.00. The Morgan fingerprint density at radius 2 is 1.90 bits per heavy atom. The van der Waals surface area contributed by atoms with Crippen LogP contribution in [-0.4, -0.2) is 16.6 Å². The van der Waals surface area contributed by atoms with E-state index < -0.39 is 5.82 Å². The number of pyridine rings is 2. The lowest BCUT2D eigenvalue weighted by molar-refractivity contribution is 0.325. The van der Waals surface area contributed by atoms with Crippen LogP contribution in [0.15, 0.2) is 38.3 Å². The van der Waals surface area contributed by atoms with Crippen molar-refractivity contribution >= 4 is 31.9 Å². The highest BCUT2D eigenvalue weighted by Crippen LogP contribution is 2.18. The molecule has 0 unspecified atom stereocenters. The van der Waals surface area contributed by atoms with E-state index in [0.29, 0.717) is 17.0 Å². The van der Waals surface area contributed by atoms with Gasteiger partial charge >= 0.3 is 0 Å². The molecule has 0 amide bonds. The van der Waals surface area contributed by atoms with Gasteiger partial charge in [0.1, 0.15) is 0 Å². The molecule has 108 valence electrons. The fourth-order valence-electron chi connectivity index (χ4n) is 1.05. The number of hydrogen-bond donors (Lipinski definition) is 1. The number of ether oxygens (including phenoxy) is 1. The number of rotatable bonds is 2. The number of H-pyrrole nitrogens is 1. The van der Waals surface area contributed by atoms with Crippen LogP contribution < -0.4 is 10.3 Å². The van der Waals surface area contributed by atoms with Gasteiger partial charge in [0.25, 0.3) is 0 Å². The van der Waals surface area contributed by atoms with Gasteiger partial charge in [0.15, 0.2) is 11.6 Å². The van der Waals surface area contributed by atoms with Crippen LogP contribution >= 0.6 is 31.9 Å². The summed E-state index contributed by atoms with van der Waals surface area (Å²) in [5.74, 6) is -0.413. The van der Waals surface area contributed by atoms with E-state index in [1.165, 1.54) is 6.07 Å².